The van der Waals surface area contributed by atoms with Gasteiger partial charge < -0.3 is 15.5 Å². The normalized spacial score (nSPS) is 14.2. The summed E-state index contributed by atoms with van der Waals surface area (Å²) in [5, 5.41) is 13.2. The minimum Gasteiger partial charge on any atom is -0.348 e. The van der Waals surface area contributed by atoms with Gasteiger partial charge in [0.05, 0.1) is 11.4 Å². The number of amides is 4. The van der Waals surface area contributed by atoms with Crippen LogP contribution in [0.1, 0.15) is 48.0 Å². The number of halogens is 3. The maximum absolute atomic E-state index is 13.1. The van der Waals surface area contributed by atoms with Crippen LogP contribution in [0.25, 0.3) is 16.8 Å². The van der Waals surface area contributed by atoms with E-state index < -0.39 is 18.1 Å². The molecule has 0 saturated heterocycles. The Morgan fingerprint density at radius 1 is 0.932 bits per heavy atom. The minimum atomic E-state index is -4.96. The Morgan fingerprint density at radius 2 is 1.66 bits per heavy atom. The maximum Gasteiger partial charge on any atom is 0.471 e. The van der Waals surface area contributed by atoms with Crippen LogP contribution in [0.15, 0.2) is 66.7 Å². The minimum absolute atomic E-state index is 0.0719. The first-order chi connectivity index (χ1) is 20.8. The Labute approximate surface area is 251 Å². The molecule has 2 aliphatic rings. The Morgan fingerprint density at radius 3 is 2.36 bits per heavy atom. The fraction of sp³-hybridized carbons (Fsp3) is 0.250. The van der Waals surface area contributed by atoms with Gasteiger partial charge in [-0.1, -0.05) is 45.0 Å². The summed E-state index contributed by atoms with van der Waals surface area (Å²) in [4.78, 5) is 37.8. The number of carbonyl (C=O) groups is 3. The smallest absolute Gasteiger partial charge is 0.348 e. The predicted octanol–water partition coefficient (Wildman–Crippen LogP) is 6.18. The van der Waals surface area contributed by atoms with Crippen molar-refractivity contribution in [1.82, 2.24) is 15.1 Å². The molecule has 4 aromatic rings. The second-order valence-corrected chi connectivity index (χ2v) is 11.8. The van der Waals surface area contributed by atoms with Crippen molar-refractivity contribution >= 4 is 35.0 Å². The molecule has 9 nitrogen and oxygen atoms in total. The zero-order valence-electron chi connectivity index (χ0n) is 24.2. The number of rotatable bonds is 4. The Kier molecular flexibility index (Phi) is 6.94. The molecule has 0 spiro atoms. The van der Waals surface area contributed by atoms with Crippen LogP contribution in [0.4, 0.5) is 35.2 Å². The van der Waals surface area contributed by atoms with Crippen molar-refractivity contribution in [2.75, 3.05) is 22.1 Å². The van der Waals surface area contributed by atoms with Gasteiger partial charge in [-0.15, -0.1) is 0 Å². The lowest BCUT2D eigenvalue weighted by Crippen LogP contribution is -2.40. The lowest BCUT2D eigenvalue weighted by atomic mass is 9.92. The predicted molar refractivity (Wildman–Crippen MR) is 160 cm³/mol. The van der Waals surface area contributed by atoms with E-state index >= 15 is 0 Å². The van der Waals surface area contributed by atoms with Crippen molar-refractivity contribution in [3.8, 4) is 16.8 Å². The van der Waals surface area contributed by atoms with Gasteiger partial charge in [-0.05, 0) is 65.1 Å². The average Bonchev–Trinajstić information content (AvgIpc) is 3.69. The van der Waals surface area contributed by atoms with Crippen LogP contribution in [0.5, 0.6) is 0 Å². The number of nitrogens with one attached hydrogen (secondary N) is 3. The lowest BCUT2D eigenvalue weighted by Gasteiger charge is -2.19. The number of nitrogens with zero attached hydrogens (tertiary/aromatic N) is 3. The topological polar surface area (TPSA) is 108 Å². The van der Waals surface area contributed by atoms with Crippen molar-refractivity contribution in [2.45, 2.75) is 45.3 Å². The second-order valence-electron chi connectivity index (χ2n) is 11.8. The van der Waals surface area contributed by atoms with Gasteiger partial charge in [-0.2, -0.15) is 18.3 Å². The van der Waals surface area contributed by atoms with Gasteiger partial charge in [0, 0.05) is 41.5 Å². The maximum atomic E-state index is 13.1. The number of aromatic nitrogens is 2. The Hall–Kier alpha value is -5.13. The van der Waals surface area contributed by atoms with E-state index in [9.17, 15) is 27.6 Å². The first kappa shape index (κ1) is 29.0. The van der Waals surface area contributed by atoms with E-state index in [1.807, 2.05) is 45.0 Å². The van der Waals surface area contributed by atoms with Gasteiger partial charge in [-0.3, -0.25) is 14.9 Å². The van der Waals surface area contributed by atoms with E-state index in [0.717, 1.165) is 21.6 Å². The molecule has 0 atom stereocenters. The highest BCUT2D eigenvalue weighted by molar-refractivity contribution is 6.02. The standard InChI is InChI=1S/C32H29F3N6O3/c1-31(2,3)26-16-27(41(39-26)21-11-12-25-19(15-21)13-14-40(25)29(43)32(33,34)35)38-30(44)37-20-9-7-18(8-10-20)22-5-4-6-23-24(22)17-36-28(23)42/h4-12,15-16H,13-14,17H2,1-3H3,(H,36,42)(H2,37,38,44). The Balaban J connectivity index is 1.22. The SMILES string of the molecule is CC(C)(C)c1cc(NC(=O)Nc2ccc(-c3cccc4c3CNC4=O)cc2)n(-c2ccc3c(c2)CCN3C(=O)C(F)(F)F)n1. The third-order valence-electron chi connectivity index (χ3n) is 7.71. The molecule has 0 fully saturated rings. The molecule has 12 heteroatoms. The van der Waals surface area contributed by atoms with E-state index in [1.165, 1.54) is 10.7 Å². The Bertz CT molecular complexity index is 1810. The van der Waals surface area contributed by atoms with Gasteiger partial charge in [0.2, 0.25) is 0 Å². The summed E-state index contributed by atoms with van der Waals surface area (Å²) in [6.45, 7) is 6.32. The molecular formula is C32H29F3N6O3. The van der Waals surface area contributed by atoms with Gasteiger partial charge in [0.25, 0.3) is 5.91 Å². The summed E-state index contributed by atoms with van der Waals surface area (Å²) >= 11 is 0. The molecule has 44 heavy (non-hydrogen) atoms. The zero-order valence-corrected chi connectivity index (χ0v) is 24.2. The van der Waals surface area contributed by atoms with Gasteiger partial charge in [0.15, 0.2) is 0 Å². The largest absolute Gasteiger partial charge is 0.471 e. The molecule has 0 radical (unpaired) electrons. The van der Waals surface area contributed by atoms with Crippen LogP contribution in [-0.2, 0) is 23.2 Å². The third kappa shape index (κ3) is 5.38. The number of benzene rings is 3. The number of anilines is 3. The molecule has 2 aliphatic heterocycles. The van der Waals surface area contributed by atoms with E-state index in [-0.39, 0.29) is 30.0 Å². The highest BCUT2D eigenvalue weighted by atomic mass is 19.4. The molecule has 0 unspecified atom stereocenters. The van der Waals surface area contributed by atoms with Crippen molar-refractivity contribution in [3.05, 3.63) is 89.1 Å². The summed E-state index contributed by atoms with van der Waals surface area (Å²) in [6, 6.07) is 18.8. The van der Waals surface area contributed by atoms with Crippen molar-refractivity contribution < 1.29 is 27.6 Å². The van der Waals surface area contributed by atoms with Crippen LogP contribution in [-0.4, -0.2) is 40.3 Å². The second kappa shape index (κ2) is 10.5. The molecule has 4 amide bonds. The third-order valence-corrected chi connectivity index (χ3v) is 7.71. The number of hydrogen-bond donors (Lipinski definition) is 3. The van der Waals surface area contributed by atoms with Crippen LogP contribution in [0.2, 0.25) is 0 Å². The fourth-order valence-electron chi connectivity index (χ4n) is 5.45. The summed E-state index contributed by atoms with van der Waals surface area (Å²) in [5.41, 5.74) is 5.63. The molecule has 226 valence electrons. The summed E-state index contributed by atoms with van der Waals surface area (Å²) in [7, 11) is 0. The number of fused-ring (bicyclic) bond motifs is 2. The van der Waals surface area contributed by atoms with E-state index in [0.29, 0.717) is 40.6 Å². The van der Waals surface area contributed by atoms with E-state index in [1.54, 1.807) is 36.4 Å². The first-order valence-corrected chi connectivity index (χ1v) is 14.0. The molecule has 1 aromatic heterocycles. The van der Waals surface area contributed by atoms with Crippen LogP contribution in [0.3, 0.4) is 0 Å². The fourth-order valence-corrected chi connectivity index (χ4v) is 5.45. The average molecular weight is 603 g/mol. The molecule has 3 heterocycles. The highest BCUT2D eigenvalue weighted by Gasteiger charge is 2.44. The summed E-state index contributed by atoms with van der Waals surface area (Å²) < 4.78 is 40.8. The van der Waals surface area contributed by atoms with Gasteiger partial charge >= 0.3 is 18.1 Å². The molecule has 6 rings (SSSR count). The first-order valence-electron chi connectivity index (χ1n) is 14.0. The van der Waals surface area contributed by atoms with E-state index in [4.69, 9.17) is 5.10 Å². The van der Waals surface area contributed by atoms with Crippen LogP contribution >= 0.6 is 0 Å². The molecule has 3 aromatic carbocycles. The molecule has 3 N–H and O–H groups in total. The van der Waals surface area contributed by atoms with Crippen molar-refractivity contribution in [1.29, 1.82) is 0 Å². The number of urea groups is 1. The lowest BCUT2D eigenvalue weighted by molar-refractivity contribution is -0.170. The molecular weight excluding hydrogens is 573 g/mol. The zero-order chi connectivity index (χ0) is 31.4. The van der Waals surface area contributed by atoms with Crippen molar-refractivity contribution in [2.24, 2.45) is 0 Å². The van der Waals surface area contributed by atoms with Crippen LogP contribution < -0.4 is 20.9 Å². The number of carbonyl (C=O) groups excluding carboxylic acids is 3. The van der Waals surface area contributed by atoms with Crippen molar-refractivity contribution in [3.63, 3.8) is 0 Å². The van der Waals surface area contributed by atoms with Gasteiger partial charge in [-0.25, -0.2) is 9.48 Å². The van der Waals surface area contributed by atoms with Gasteiger partial charge in [0.1, 0.15) is 5.82 Å². The summed E-state index contributed by atoms with van der Waals surface area (Å²) in [6.07, 6.45) is -4.70. The van der Waals surface area contributed by atoms with Crippen LogP contribution in [0, 0.1) is 0 Å². The number of hydrogen-bond acceptors (Lipinski definition) is 4. The summed E-state index contributed by atoms with van der Waals surface area (Å²) in [5.74, 6) is -1.63. The quantitative estimate of drug-likeness (QED) is 0.259. The molecule has 0 bridgehead atoms. The highest BCUT2D eigenvalue weighted by Crippen LogP contribution is 2.35. The number of alkyl halides is 3. The monoisotopic (exact) mass is 602 g/mol. The van der Waals surface area contributed by atoms with E-state index in [2.05, 4.69) is 16.0 Å². The molecule has 0 aliphatic carbocycles. The molecule has 0 saturated carbocycles.